The van der Waals surface area contributed by atoms with Gasteiger partial charge in [-0.25, -0.2) is 4.79 Å². The van der Waals surface area contributed by atoms with Crippen LogP contribution in [0.4, 0.5) is 4.79 Å². The summed E-state index contributed by atoms with van der Waals surface area (Å²) >= 11 is 0. The van der Waals surface area contributed by atoms with Gasteiger partial charge in [0.2, 0.25) is 0 Å². The first kappa shape index (κ1) is 20.4. The summed E-state index contributed by atoms with van der Waals surface area (Å²) in [5.74, 6) is 1.63. The van der Waals surface area contributed by atoms with E-state index in [1.54, 1.807) is 0 Å². The molecule has 5 rings (SSSR count). The zero-order chi connectivity index (χ0) is 21.2. The van der Waals surface area contributed by atoms with Crippen molar-refractivity contribution in [1.82, 2.24) is 29.8 Å². The number of alkyl carbamates (subject to hydrolysis) is 1. The number of nitrogens with one attached hydrogen (secondary N) is 1. The average molecular weight is 425 g/mol. The number of hydrogen-bond acceptors (Lipinski definition) is 6. The molecule has 0 radical (unpaired) electrons. The molecule has 0 bridgehead atoms. The number of nitrogens with zero attached hydrogens (tertiary/aromatic N) is 5. The Morgan fingerprint density at radius 1 is 1.26 bits per heavy atom. The van der Waals surface area contributed by atoms with E-state index in [2.05, 4.69) is 48.9 Å². The second-order valence-electron chi connectivity index (χ2n) is 9.05. The molecule has 1 N–H and O–H groups in total. The van der Waals surface area contributed by atoms with Gasteiger partial charge in [0.1, 0.15) is 11.9 Å². The Bertz CT molecular complexity index is 964. The van der Waals surface area contributed by atoms with Crippen LogP contribution in [0.5, 0.6) is 0 Å². The van der Waals surface area contributed by atoms with Crippen molar-refractivity contribution in [2.45, 2.75) is 63.9 Å². The second kappa shape index (κ2) is 8.94. The fourth-order valence-corrected chi connectivity index (χ4v) is 5.45. The van der Waals surface area contributed by atoms with Crippen molar-refractivity contribution in [2.24, 2.45) is 5.92 Å². The van der Waals surface area contributed by atoms with Gasteiger partial charge < -0.3 is 15.0 Å². The highest BCUT2D eigenvalue weighted by Crippen LogP contribution is 2.42. The first-order valence-corrected chi connectivity index (χ1v) is 11.8. The van der Waals surface area contributed by atoms with E-state index in [4.69, 9.17) is 4.74 Å². The van der Waals surface area contributed by atoms with Gasteiger partial charge in [-0.2, -0.15) is 0 Å². The molecule has 166 valence electrons. The minimum atomic E-state index is -0.291. The Kier molecular flexibility index (Phi) is 5.89. The lowest BCUT2D eigenvalue weighted by atomic mass is 9.93. The highest BCUT2D eigenvalue weighted by atomic mass is 16.6. The molecule has 1 saturated heterocycles. The Morgan fingerprint density at radius 3 is 2.97 bits per heavy atom. The number of likely N-dealkylation sites (tertiary alicyclic amines) is 1. The molecule has 0 spiro atoms. The zero-order valence-electron chi connectivity index (χ0n) is 18.3. The van der Waals surface area contributed by atoms with Crippen LogP contribution in [0.25, 0.3) is 11.7 Å². The molecule has 2 aromatic rings. The molecule has 2 aromatic heterocycles. The van der Waals surface area contributed by atoms with Gasteiger partial charge in [0.25, 0.3) is 0 Å². The summed E-state index contributed by atoms with van der Waals surface area (Å²) < 4.78 is 7.95. The van der Waals surface area contributed by atoms with Gasteiger partial charge in [-0.05, 0) is 63.7 Å². The van der Waals surface area contributed by atoms with Crippen molar-refractivity contribution in [1.29, 1.82) is 0 Å². The van der Waals surface area contributed by atoms with E-state index in [1.807, 2.05) is 6.20 Å². The van der Waals surface area contributed by atoms with E-state index in [0.29, 0.717) is 12.5 Å². The predicted molar refractivity (Wildman–Crippen MR) is 118 cm³/mol. The summed E-state index contributed by atoms with van der Waals surface area (Å²) in [7, 11) is 0. The summed E-state index contributed by atoms with van der Waals surface area (Å²) in [5.41, 5.74) is 2.95. The predicted octanol–water partition coefficient (Wildman–Crippen LogP) is 3.18. The zero-order valence-corrected chi connectivity index (χ0v) is 18.3. The summed E-state index contributed by atoms with van der Waals surface area (Å²) in [6.07, 6.45) is 12.8. The Hall–Kier alpha value is -2.48. The smallest absolute Gasteiger partial charge is 0.407 e. The van der Waals surface area contributed by atoms with Crippen LogP contribution >= 0.6 is 0 Å². The monoisotopic (exact) mass is 424 g/mol. The number of hydrogen-bond donors (Lipinski definition) is 1. The van der Waals surface area contributed by atoms with Crippen LogP contribution in [0.15, 0.2) is 12.3 Å². The highest BCUT2D eigenvalue weighted by Gasteiger charge is 2.39. The van der Waals surface area contributed by atoms with Crippen molar-refractivity contribution in [3.05, 3.63) is 29.5 Å². The Balaban J connectivity index is 1.20. The minimum absolute atomic E-state index is 0.0775. The largest absolute Gasteiger partial charge is 0.446 e. The number of aromatic nitrogens is 4. The maximum absolute atomic E-state index is 12.4. The first-order chi connectivity index (χ1) is 15.2. The third-order valence-electron chi connectivity index (χ3n) is 7.07. The number of amides is 1. The molecule has 1 amide bonds. The van der Waals surface area contributed by atoms with Crippen molar-refractivity contribution < 1.29 is 9.53 Å². The second-order valence-corrected chi connectivity index (χ2v) is 9.05. The number of allylic oxidation sites excluding steroid dienone is 1. The third-order valence-corrected chi connectivity index (χ3v) is 7.07. The quantitative estimate of drug-likeness (QED) is 0.687. The number of carbonyl (C=O) groups is 1. The number of rotatable bonds is 7. The maximum atomic E-state index is 12.4. The Morgan fingerprint density at radius 2 is 2.13 bits per heavy atom. The Labute approximate surface area is 183 Å². The van der Waals surface area contributed by atoms with E-state index >= 15 is 0 Å². The molecule has 8 heteroatoms. The molecular formula is C23H32N6O2. The third kappa shape index (κ3) is 4.18. The van der Waals surface area contributed by atoms with Gasteiger partial charge in [-0.15, -0.1) is 10.2 Å². The molecule has 3 atom stereocenters. The molecule has 3 aliphatic rings. The van der Waals surface area contributed by atoms with Gasteiger partial charge >= 0.3 is 6.09 Å². The highest BCUT2D eigenvalue weighted by molar-refractivity contribution is 5.67. The molecule has 3 heterocycles. The van der Waals surface area contributed by atoms with E-state index in [0.717, 1.165) is 61.5 Å². The molecule has 2 fully saturated rings. The van der Waals surface area contributed by atoms with Crippen molar-refractivity contribution in [2.75, 3.05) is 26.2 Å². The van der Waals surface area contributed by atoms with Gasteiger partial charge in [-0.1, -0.05) is 19.4 Å². The topological polar surface area (TPSA) is 84.6 Å². The summed E-state index contributed by atoms with van der Waals surface area (Å²) in [4.78, 5) is 19.3. The molecule has 0 aromatic carbocycles. The molecule has 1 saturated carbocycles. The summed E-state index contributed by atoms with van der Waals surface area (Å²) in [6, 6.07) is 0. The molecule has 1 aliphatic heterocycles. The lowest BCUT2D eigenvalue weighted by Gasteiger charge is -2.16. The van der Waals surface area contributed by atoms with Gasteiger partial charge in [0, 0.05) is 18.9 Å². The van der Waals surface area contributed by atoms with Gasteiger partial charge in [0.05, 0.1) is 17.6 Å². The van der Waals surface area contributed by atoms with Crippen molar-refractivity contribution >= 4 is 17.8 Å². The lowest BCUT2D eigenvalue weighted by Crippen LogP contribution is -2.31. The SMILES string of the molecule is CC[C@@H]1C[C@H](OC(=O)NCCCN2CCCC2)C[C@@H]1c1nnc2cnc3c(n12)C=CC3. The number of fused-ring (bicyclic) bond motifs is 3. The lowest BCUT2D eigenvalue weighted by molar-refractivity contribution is 0.0979. The minimum Gasteiger partial charge on any atom is -0.446 e. The summed E-state index contributed by atoms with van der Waals surface area (Å²) in [5, 5.41) is 11.9. The molecular weight excluding hydrogens is 392 g/mol. The average Bonchev–Trinajstić information content (AvgIpc) is 3.56. The summed E-state index contributed by atoms with van der Waals surface area (Å²) in [6.45, 7) is 6.31. The van der Waals surface area contributed by atoms with Crippen LogP contribution in [0.2, 0.25) is 0 Å². The van der Waals surface area contributed by atoms with Crippen LogP contribution in [0.1, 0.15) is 68.6 Å². The molecule has 31 heavy (non-hydrogen) atoms. The van der Waals surface area contributed by atoms with E-state index in [-0.39, 0.29) is 18.1 Å². The normalized spacial score (nSPS) is 25.4. The van der Waals surface area contributed by atoms with Gasteiger partial charge in [0.15, 0.2) is 5.65 Å². The number of ether oxygens (including phenoxy) is 1. The van der Waals surface area contributed by atoms with Crippen LogP contribution in [-0.2, 0) is 11.2 Å². The van der Waals surface area contributed by atoms with Crippen LogP contribution in [-0.4, -0.2) is 62.9 Å². The van der Waals surface area contributed by atoms with Crippen LogP contribution < -0.4 is 5.32 Å². The van der Waals surface area contributed by atoms with E-state index in [9.17, 15) is 4.79 Å². The number of carbonyl (C=O) groups excluding carboxylic acids is 1. The molecule has 2 aliphatic carbocycles. The van der Waals surface area contributed by atoms with Crippen molar-refractivity contribution in [3.8, 4) is 0 Å². The van der Waals surface area contributed by atoms with E-state index < -0.39 is 0 Å². The first-order valence-electron chi connectivity index (χ1n) is 11.8. The fraction of sp³-hybridized carbons (Fsp3) is 0.652. The van der Waals surface area contributed by atoms with Crippen LogP contribution in [0, 0.1) is 5.92 Å². The fourth-order valence-electron chi connectivity index (χ4n) is 5.45. The molecule has 8 nitrogen and oxygen atoms in total. The van der Waals surface area contributed by atoms with Gasteiger partial charge in [-0.3, -0.25) is 9.38 Å². The van der Waals surface area contributed by atoms with E-state index in [1.165, 1.54) is 25.9 Å². The standard InChI is InChI=1S/C23H32N6O2/c1-2-16-13-17(31-23(30)24-9-6-12-28-10-3-4-11-28)14-18(16)22-27-26-21-15-25-19-7-5-8-20(19)29(21)22/h5,8,15-18H,2-4,6-7,9-14H2,1H3,(H,24,30)/t16-,17+,18+/m1/s1. The maximum Gasteiger partial charge on any atom is 0.407 e. The molecule has 0 unspecified atom stereocenters. The van der Waals surface area contributed by atoms with Crippen LogP contribution in [0.3, 0.4) is 0 Å². The van der Waals surface area contributed by atoms with Crippen molar-refractivity contribution in [3.63, 3.8) is 0 Å².